The van der Waals surface area contributed by atoms with Gasteiger partial charge in [0.2, 0.25) is 5.91 Å². The molecule has 0 heterocycles. The molecule has 1 rings (SSSR count). The first-order valence-electron chi connectivity index (χ1n) is 6.95. The second-order valence-corrected chi connectivity index (χ2v) is 4.45. The predicted octanol–water partition coefficient (Wildman–Crippen LogP) is 1.79. The summed E-state index contributed by atoms with van der Waals surface area (Å²) in [6.07, 6.45) is 1.87. The van der Waals surface area contributed by atoms with E-state index in [1.54, 1.807) is 0 Å². The fourth-order valence-electron chi connectivity index (χ4n) is 1.93. The van der Waals surface area contributed by atoms with E-state index in [9.17, 15) is 4.79 Å². The molecule has 1 aromatic carbocycles. The molecule has 0 aromatic heterocycles. The van der Waals surface area contributed by atoms with Crippen molar-refractivity contribution >= 4 is 11.6 Å². The van der Waals surface area contributed by atoms with Crippen LogP contribution in [0.5, 0.6) is 0 Å². The number of rotatable bonds is 9. The number of carbonyl (C=O) groups is 1. The molecule has 0 unspecified atom stereocenters. The van der Waals surface area contributed by atoms with Crippen LogP contribution in [0.15, 0.2) is 30.3 Å². The summed E-state index contributed by atoms with van der Waals surface area (Å²) in [6, 6.07) is 10.3. The lowest BCUT2D eigenvalue weighted by atomic mass is 10.2. The molecule has 1 amide bonds. The van der Waals surface area contributed by atoms with Crippen LogP contribution >= 0.6 is 0 Å². The molecule has 4 nitrogen and oxygen atoms in total. The number of nitrogens with one attached hydrogen (secondary N) is 1. The van der Waals surface area contributed by atoms with Crippen LogP contribution in [0.4, 0.5) is 5.69 Å². The summed E-state index contributed by atoms with van der Waals surface area (Å²) < 4.78 is 0. The van der Waals surface area contributed by atoms with Gasteiger partial charge in [0.1, 0.15) is 0 Å². The van der Waals surface area contributed by atoms with Gasteiger partial charge in [-0.15, -0.1) is 0 Å². The third kappa shape index (κ3) is 6.25. The zero-order chi connectivity index (χ0) is 13.9. The van der Waals surface area contributed by atoms with Gasteiger partial charge in [-0.05, 0) is 31.9 Å². The van der Waals surface area contributed by atoms with Gasteiger partial charge in [0.25, 0.3) is 0 Å². The number of benzene rings is 1. The molecule has 19 heavy (non-hydrogen) atoms. The maximum atomic E-state index is 11.4. The van der Waals surface area contributed by atoms with E-state index in [4.69, 9.17) is 5.11 Å². The van der Waals surface area contributed by atoms with E-state index in [-0.39, 0.29) is 12.5 Å². The Bertz CT molecular complexity index is 354. The maximum Gasteiger partial charge on any atom is 0.220 e. The van der Waals surface area contributed by atoms with Crippen LogP contribution in [-0.4, -0.2) is 37.3 Å². The Balaban J connectivity index is 2.22. The van der Waals surface area contributed by atoms with Crippen LogP contribution in [0.1, 0.15) is 26.2 Å². The van der Waals surface area contributed by atoms with Gasteiger partial charge in [0.05, 0.1) is 0 Å². The molecule has 1 aromatic rings. The minimum atomic E-state index is 0.0248. The SMILES string of the molecule is CCN(CCCNC(=O)CCCO)c1ccccc1. The summed E-state index contributed by atoms with van der Waals surface area (Å²) in [6.45, 7) is 4.79. The van der Waals surface area contributed by atoms with Crippen LogP contribution in [0.3, 0.4) is 0 Å². The van der Waals surface area contributed by atoms with Gasteiger partial charge in [0.15, 0.2) is 0 Å². The molecule has 0 atom stereocenters. The lowest BCUT2D eigenvalue weighted by Gasteiger charge is -2.23. The largest absolute Gasteiger partial charge is 0.396 e. The predicted molar refractivity (Wildman–Crippen MR) is 78.3 cm³/mol. The number of nitrogens with zero attached hydrogens (tertiary/aromatic N) is 1. The Kier molecular flexibility index (Phi) is 7.66. The number of aliphatic hydroxyl groups excluding tert-OH is 1. The van der Waals surface area contributed by atoms with Crippen molar-refractivity contribution in [2.24, 2.45) is 0 Å². The highest BCUT2D eigenvalue weighted by Gasteiger charge is 2.04. The summed E-state index contributed by atoms with van der Waals surface area (Å²) in [7, 11) is 0. The van der Waals surface area contributed by atoms with Gasteiger partial charge in [-0.25, -0.2) is 0 Å². The van der Waals surface area contributed by atoms with E-state index < -0.39 is 0 Å². The van der Waals surface area contributed by atoms with E-state index in [1.807, 2.05) is 18.2 Å². The van der Waals surface area contributed by atoms with Crippen LogP contribution in [-0.2, 0) is 4.79 Å². The minimum absolute atomic E-state index is 0.0248. The first kappa shape index (κ1) is 15.5. The molecule has 0 bridgehead atoms. The number of carbonyl (C=O) groups excluding carboxylic acids is 1. The number of anilines is 1. The number of hydrogen-bond donors (Lipinski definition) is 2. The molecule has 4 heteroatoms. The van der Waals surface area contributed by atoms with Crippen LogP contribution < -0.4 is 10.2 Å². The van der Waals surface area contributed by atoms with E-state index >= 15 is 0 Å². The Morgan fingerprint density at radius 1 is 1.26 bits per heavy atom. The van der Waals surface area contributed by atoms with Gasteiger partial charge < -0.3 is 15.3 Å². The lowest BCUT2D eigenvalue weighted by Crippen LogP contribution is -2.29. The number of aliphatic hydroxyl groups is 1. The third-order valence-electron chi connectivity index (χ3n) is 2.99. The molecule has 2 N–H and O–H groups in total. The third-order valence-corrected chi connectivity index (χ3v) is 2.99. The summed E-state index contributed by atoms with van der Waals surface area (Å²) in [5, 5.41) is 11.5. The first-order valence-corrected chi connectivity index (χ1v) is 6.95. The number of hydrogen-bond acceptors (Lipinski definition) is 3. The number of para-hydroxylation sites is 1. The molecule has 0 radical (unpaired) electrons. The fraction of sp³-hybridized carbons (Fsp3) is 0.533. The highest BCUT2D eigenvalue weighted by Crippen LogP contribution is 2.12. The zero-order valence-electron chi connectivity index (χ0n) is 11.6. The minimum Gasteiger partial charge on any atom is -0.396 e. The Morgan fingerprint density at radius 3 is 2.63 bits per heavy atom. The van der Waals surface area contributed by atoms with E-state index in [1.165, 1.54) is 5.69 Å². The van der Waals surface area contributed by atoms with Crippen LogP contribution in [0.2, 0.25) is 0 Å². The highest BCUT2D eigenvalue weighted by molar-refractivity contribution is 5.75. The average Bonchev–Trinajstić information content (AvgIpc) is 2.46. The molecular weight excluding hydrogens is 240 g/mol. The van der Waals surface area contributed by atoms with Gasteiger partial charge in [-0.2, -0.15) is 0 Å². The fourth-order valence-corrected chi connectivity index (χ4v) is 1.93. The second-order valence-electron chi connectivity index (χ2n) is 4.45. The highest BCUT2D eigenvalue weighted by atomic mass is 16.3. The molecule has 0 saturated carbocycles. The standard InChI is InChI=1S/C15H24N2O2/c1-2-17(14-8-4-3-5-9-14)12-7-11-16-15(19)10-6-13-18/h3-5,8-9,18H,2,6-7,10-13H2,1H3,(H,16,19). The van der Waals surface area contributed by atoms with Crippen molar-refractivity contribution in [1.29, 1.82) is 0 Å². The normalized spacial score (nSPS) is 10.2. The maximum absolute atomic E-state index is 11.4. The van der Waals surface area contributed by atoms with Crippen molar-refractivity contribution < 1.29 is 9.90 Å². The molecule has 0 aliphatic heterocycles. The number of amides is 1. The van der Waals surface area contributed by atoms with Crippen molar-refractivity contribution in [2.75, 3.05) is 31.1 Å². The van der Waals surface area contributed by atoms with Gasteiger partial charge in [-0.1, -0.05) is 18.2 Å². The van der Waals surface area contributed by atoms with Crippen LogP contribution in [0.25, 0.3) is 0 Å². The van der Waals surface area contributed by atoms with Gasteiger partial charge >= 0.3 is 0 Å². The lowest BCUT2D eigenvalue weighted by molar-refractivity contribution is -0.121. The second kappa shape index (κ2) is 9.39. The Hall–Kier alpha value is -1.55. The van der Waals surface area contributed by atoms with E-state index in [0.29, 0.717) is 19.4 Å². The monoisotopic (exact) mass is 264 g/mol. The van der Waals surface area contributed by atoms with Crippen molar-refractivity contribution in [3.63, 3.8) is 0 Å². The van der Waals surface area contributed by atoms with Crippen molar-refractivity contribution in [3.05, 3.63) is 30.3 Å². The smallest absolute Gasteiger partial charge is 0.220 e. The topological polar surface area (TPSA) is 52.6 Å². The molecule has 0 aliphatic carbocycles. The van der Waals surface area contributed by atoms with E-state index in [0.717, 1.165) is 19.5 Å². The zero-order valence-corrected chi connectivity index (χ0v) is 11.6. The first-order chi connectivity index (χ1) is 9.27. The van der Waals surface area contributed by atoms with E-state index in [2.05, 4.69) is 29.3 Å². The molecule has 0 fully saturated rings. The molecular formula is C15H24N2O2. The van der Waals surface area contributed by atoms with Gasteiger partial charge in [-0.3, -0.25) is 4.79 Å². The van der Waals surface area contributed by atoms with Crippen molar-refractivity contribution in [1.82, 2.24) is 5.32 Å². The summed E-state index contributed by atoms with van der Waals surface area (Å²) in [5.41, 5.74) is 1.22. The Labute approximate surface area is 115 Å². The summed E-state index contributed by atoms with van der Waals surface area (Å²) >= 11 is 0. The summed E-state index contributed by atoms with van der Waals surface area (Å²) in [4.78, 5) is 13.6. The average molecular weight is 264 g/mol. The Morgan fingerprint density at radius 2 is 2.00 bits per heavy atom. The van der Waals surface area contributed by atoms with Crippen molar-refractivity contribution in [3.8, 4) is 0 Å². The van der Waals surface area contributed by atoms with Gasteiger partial charge in [0, 0.05) is 38.3 Å². The molecule has 0 saturated heterocycles. The summed E-state index contributed by atoms with van der Waals surface area (Å²) in [5.74, 6) is 0.0248. The van der Waals surface area contributed by atoms with Crippen molar-refractivity contribution in [2.45, 2.75) is 26.2 Å². The molecule has 0 spiro atoms. The molecule has 106 valence electrons. The van der Waals surface area contributed by atoms with Crippen LogP contribution in [0, 0.1) is 0 Å². The quantitative estimate of drug-likeness (QED) is 0.669. The molecule has 0 aliphatic rings.